The van der Waals surface area contributed by atoms with E-state index in [1.54, 1.807) is 0 Å². The van der Waals surface area contributed by atoms with Crippen LogP contribution in [-0.4, -0.2) is 20.8 Å². The SMILES string of the molecule is NCc1ccccc1CNC(=O)c1nn(-c2ccc(F)cc2F)cc1O. The number of halogens is 2. The van der Waals surface area contributed by atoms with Gasteiger partial charge in [0.15, 0.2) is 17.3 Å². The minimum absolute atomic E-state index is 0.0887. The molecule has 0 radical (unpaired) electrons. The van der Waals surface area contributed by atoms with Gasteiger partial charge in [0.2, 0.25) is 0 Å². The number of carbonyl (C=O) groups is 1. The van der Waals surface area contributed by atoms with E-state index >= 15 is 0 Å². The molecule has 1 amide bonds. The molecule has 8 heteroatoms. The average molecular weight is 358 g/mol. The molecule has 0 aliphatic heterocycles. The van der Waals surface area contributed by atoms with Gasteiger partial charge >= 0.3 is 0 Å². The lowest BCUT2D eigenvalue weighted by atomic mass is 10.1. The number of aromatic nitrogens is 2. The highest BCUT2D eigenvalue weighted by atomic mass is 19.1. The number of hydrogen-bond acceptors (Lipinski definition) is 4. The van der Waals surface area contributed by atoms with E-state index in [2.05, 4.69) is 10.4 Å². The van der Waals surface area contributed by atoms with E-state index in [1.807, 2.05) is 24.3 Å². The van der Waals surface area contributed by atoms with Crippen LogP contribution in [0.3, 0.4) is 0 Å². The van der Waals surface area contributed by atoms with Crippen molar-refractivity contribution in [1.82, 2.24) is 15.1 Å². The monoisotopic (exact) mass is 358 g/mol. The van der Waals surface area contributed by atoms with Crippen LogP contribution in [0.25, 0.3) is 5.69 Å². The second kappa shape index (κ2) is 7.32. The van der Waals surface area contributed by atoms with Gasteiger partial charge in [-0.1, -0.05) is 24.3 Å². The summed E-state index contributed by atoms with van der Waals surface area (Å²) < 4.78 is 27.8. The van der Waals surface area contributed by atoms with Crippen molar-refractivity contribution in [3.63, 3.8) is 0 Å². The highest BCUT2D eigenvalue weighted by Crippen LogP contribution is 2.20. The van der Waals surface area contributed by atoms with Gasteiger partial charge in [0, 0.05) is 19.2 Å². The van der Waals surface area contributed by atoms with E-state index in [4.69, 9.17) is 5.73 Å². The molecule has 0 bridgehead atoms. The Morgan fingerprint density at radius 1 is 1.19 bits per heavy atom. The average Bonchev–Trinajstić information content (AvgIpc) is 3.01. The number of benzene rings is 2. The number of aromatic hydroxyl groups is 1. The molecule has 0 saturated heterocycles. The fraction of sp³-hybridized carbons (Fsp3) is 0.111. The van der Waals surface area contributed by atoms with Crippen LogP contribution in [0.5, 0.6) is 5.75 Å². The minimum atomic E-state index is -0.865. The fourth-order valence-corrected chi connectivity index (χ4v) is 2.51. The Balaban J connectivity index is 1.79. The van der Waals surface area contributed by atoms with Gasteiger partial charge in [0.25, 0.3) is 5.91 Å². The summed E-state index contributed by atoms with van der Waals surface area (Å²) >= 11 is 0. The van der Waals surface area contributed by atoms with Crippen molar-refractivity contribution in [2.24, 2.45) is 5.73 Å². The Morgan fingerprint density at radius 2 is 1.92 bits per heavy atom. The number of nitrogens with zero attached hydrogens (tertiary/aromatic N) is 2. The first-order valence-electron chi connectivity index (χ1n) is 7.78. The van der Waals surface area contributed by atoms with E-state index in [1.165, 1.54) is 0 Å². The summed E-state index contributed by atoms with van der Waals surface area (Å²) in [4.78, 5) is 12.3. The molecular weight excluding hydrogens is 342 g/mol. The number of nitrogens with one attached hydrogen (secondary N) is 1. The molecule has 6 nitrogen and oxygen atoms in total. The molecule has 0 aliphatic carbocycles. The summed E-state index contributed by atoms with van der Waals surface area (Å²) in [7, 11) is 0. The van der Waals surface area contributed by atoms with E-state index in [0.29, 0.717) is 12.6 Å². The Bertz CT molecular complexity index is 956. The first-order valence-corrected chi connectivity index (χ1v) is 7.78. The molecule has 4 N–H and O–H groups in total. The van der Waals surface area contributed by atoms with Crippen molar-refractivity contribution < 1.29 is 18.7 Å². The van der Waals surface area contributed by atoms with Crippen molar-refractivity contribution in [3.05, 3.63) is 77.1 Å². The van der Waals surface area contributed by atoms with Gasteiger partial charge in [-0.05, 0) is 23.3 Å². The molecule has 2 aromatic carbocycles. The third-order valence-corrected chi connectivity index (χ3v) is 3.84. The summed E-state index contributed by atoms with van der Waals surface area (Å²) in [6, 6.07) is 10.3. The van der Waals surface area contributed by atoms with Crippen molar-refractivity contribution >= 4 is 5.91 Å². The predicted octanol–water partition coefficient (Wildman–Crippen LogP) is 2.24. The molecule has 3 aromatic rings. The summed E-state index contributed by atoms with van der Waals surface area (Å²) in [5.41, 5.74) is 7.03. The van der Waals surface area contributed by atoms with Crippen LogP contribution in [-0.2, 0) is 13.1 Å². The number of amides is 1. The van der Waals surface area contributed by atoms with Gasteiger partial charge in [-0.25, -0.2) is 13.5 Å². The summed E-state index contributed by atoms with van der Waals surface area (Å²) in [5.74, 6) is -2.65. The molecule has 0 spiro atoms. The molecule has 0 unspecified atom stereocenters. The van der Waals surface area contributed by atoms with Crippen LogP contribution < -0.4 is 11.1 Å². The van der Waals surface area contributed by atoms with Gasteiger partial charge in [-0.15, -0.1) is 0 Å². The molecule has 1 heterocycles. The first kappa shape index (κ1) is 17.6. The zero-order valence-electron chi connectivity index (χ0n) is 13.6. The van der Waals surface area contributed by atoms with Crippen LogP contribution in [0, 0.1) is 11.6 Å². The molecule has 3 rings (SSSR count). The molecule has 134 valence electrons. The van der Waals surface area contributed by atoms with E-state index in [-0.39, 0.29) is 17.9 Å². The molecular formula is C18H16F2N4O2. The van der Waals surface area contributed by atoms with Crippen LogP contribution in [0.15, 0.2) is 48.7 Å². The van der Waals surface area contributed by atoms with E-state index in [9.17, 15) is 18.7 Å². The predicted molar refractivity (Wildman–Crippen MR) is 90.6 cm³/mol. The second-order valence-corrected chi connectivity index (χ2v) is 5.56. The van der Waals surface area contributed by atoms with Crippen LogP contribution in [0.1, 0.15) is 21.6 Å². The number of hydrogen-bond donors (Lipinski definition) is 3. The van der Waals surface area contributed by atoms with Crippen LogP contribution in [0.2, 0.25) is 0 Å². The highest BCUT2D eigenvalue weighted by Gasteiger charge is 2.18. The van der Waals surface area contributed by atoms with E-state index < -0.39 is 23.3 Å². The zero-order valence-corrected chi connectivity index (χ0v) is 13.6. The van der Waals surface area contributed by atoms with E-state index in [0.717, 1.165) is 34.1 Å². The highest BCUT2D eigenvalue weighted by molar-refractivity contribution is 5.94. The maximum atomic E-state index is 13.8. The lowest BCUT2D eigenvalue weighted by molar-refractivity contribution is 0.0942. The van der Waals surface area contributed by atoms with Gasteiger partial charge in [0.05, 0.1) is 6.20 Å². The third kappa shape index (κ3) is 3.55. The Kier molecular flexibility index (Phi) is 4.94. The molecule has 0 aliphatic rings. The standard InChI is InChI=1S/C18H16F2N4O2/c19-13-5-6-15(14(20)7-13)24-10-16(25)17(23-24)18(26)22-9-12-4-2-1-3-11(12)8-21/h1-7,10,25H,8-9,21H2,(H,22,26). The largest absolute Gasteiger partial charge is 0.504 e. The lowest BCUT2D eigenvalue weighted by Crippen LogP contribution is -2.24. The lowest BCUT2D eigenvalue weighted by Gasteiger charge is -2.08. The van der Waals surface area contributed by atoms with Crippen molar-refractivity contribution in [3.8, 4) is 11.4 Å². The number of nitrogens with two attached hydrogens (primary N) is 1. The Labute approximate surface area is 147 Å². The van der Waals surface area contributed by atoms with Gasteiger partial charge in [-0.3, -0.25) is 4.79 Å². The Morgan fingerprint density at radius 3 is 2.62 bits per heavy atom. The maximum Gasteiger partial charge on any atom is 0.275 e. The van der Waals surface area contributed by atoms with Gasteiger partial charge < -0.3 is 16.2 Å². The zero-order chi connectivity index (χ0) is 18.7. The summed E-state index contributed by atoms with van der Waals surface area (Å²) in [5, 5.41) is 16.5. The quantitative estimate of drug-likeness (QED) is 0.652. The number of rotatable bonds is 5. The normalized spacial score (nSPS) is 10.7. The molecule has 0 saturated carbocycles. The molecule has 26 heavy (non-hydrogen) atoms. The maximum absolute atomic E-state index is 13.8. The minimum Gasteiger partial charge on any atom is -0.504 e. The molecule has 0 atom stereocenters. The smallest absolute Gasteiger partial charge is 0.275 e. The first-order chi connectivity index (χ1) is 12.5. The van der Waals surface area contributed by atoms with Crippen molar-refractivity contribution in [2.45, 2.75) is 13.1 Å². The summed E-state index contributed by atoms with van der Waals surface area (Å²) in [6.45, 7) is 0.527. The topological polar surface area (TPSA) is 93.2 Å². The van der Waals surface area contributed by atoms with Gasteiger partial charge in [-0.2, -0.15) is 5.10 Å². The third-order valence-electron chi connectivity index (χ3n) is 3.84. The molecule has 1 aromatic heterocycles. The van der Waals surface area contributed by atoms with Crippen molar-refractivity contribution in [1.29, 1.82) is 0 Å². The molecule has 0 fully saturated rings. The second-order valence-electron chi connectivity index (χ2n) is 5.56. The fourth-order valence-electron chi connectivity index (χ4n) is 2.51. The van der Waals surface area contributed by atoms with Crippen molar-refractivity contribution in [2.75, 3.05) is 0 Å². The van der Waals surface area contributed by atoms with Crippen LogP contribution >= 0.6 is 0 Å². The van der Waals surface area contributed by atoms with Crippen LogP contribution in [0.4, 0.5) is 8.78 Å². The van der Waals surface area contributed by atoms with Gasteiger partial charge in [0.1, 0.15) is 11.5 Å². The number of carbonyl (C=O) groups excluding carboxylic acids is 1. The summed E-state index contributed by atoms with van der Waals surface area (Å²) in [6.07, 6.45) is 1.08. The Hall–Kier alpha value is -3.26.